The number of aryl methyl sites for hydroxylation is 3. The van der Waals surface area contributed by atoms with Crippen molar-refractivity contribution in [2.24, 2.45) is 5.92 Å². The maximum atomic E-state index is 6.47. The largest absolute Gasteiger partial charge is 0.500 e. The van der Waals surface area contributed by atoms with Crippen LogP contribution >= 0.6 is 0 Å². The number of furan rings is 1. The van der Waals surface area contributed by atoms with Gasteiger partial charge in [-0.1, -0.05) is 99.7 Å². The van der Waals surface area contributed by atoms with Crippen molar-refractivity contribution in [2.75, 3.05) is 0 Å². The van der Waals surface area contributed by atoms with E-state index < -0.39 is 8.07 Å². The molecule has 0 unspecified atom stereocenters. The number of nitrogens with zero attached hydrogens (tertiary/aromatic N) is 4. The second kappa shape index (κ2) is 16.2. The smallest absolute Gasteiger partial charge is 0.124 e. The van der Waals surface area contributed by atoms with E-state index in [1.165, 1.54) is 27.4 Å². The Morgan fingerprint density at radius 2 is 1.51 bits per heavy atom. The minimum absolute atomic E-state index is 0. The van der Waals surface area contributed by atoms with Gasteiger partial charge in [-0.25, -0.2) is 0 Å². The van der Waals surface area contributed by atoms with Crippen molar-refractivity contribution in [1.29, 1.82) is 0 Å². The molecule has 4 aromatic heterocycles. The van der Waals surface area contributed by atoms with Crippen molar-refractivity contribution < 1.29 is 24.5 Å². The molecule has 0 amide bonds. The van der Waals surface area contributed by atoms with Gasteiger partial charge in [0.1, 0.15) is 5.58 Å². The maximum absolute atomic E-state index is 6.47. The quantitative estimate of drug-likeness (QED) is 0.118. The monoisotopic (exact) mass is 919 g/mol. The zero-order valence-corrected chi connectivity index (χ0v) is 37.0. The predicted octanol–water partition coefficient (Wildman–Crippen LogP) is 12.1. The van der Waals surface area contributed by atoms with E-state index in [9.17, 15) is 0 Å². The van der Waals surface area contributed by atoms with Crippen molar-refractivity contribution in [3.05, 3.63) is 137 Å². The average molecular weight is 919 g/mol. The van der Waals surface area contributed by atoms with Crippen molar-refractivity contribution in [2.45, 2.75) is 80.4 Å². The first-order chi connectivity index (χ1) is 25.8. The first-order valence-corrected chi connectivity index (χ1v) is 22.6. The summed E-state index contributed by atoms with van der Waals surface area (Å²) >= 11 is 0. The van der Waals surface area contributed by atoms with Crippen molar-refractivity contribution in [3.8, 4) is 28.3 Å². The van der Waals surface area contributed by atoms with Crippen LogP contribution in [0.25, 0.3) is 61.3 Å². The molecule has 1 radical (unpaired) electrons. The normalized spacial score (nSPS) is 11.7. The number of benzene rings is 4. The molecular formula is C48H50IrN4OSi-2. The standard InChI is InChI=1S/C30H26N3O.C18H24NSi.Ir/c1-17(2)25-15-27-23(16-31-25)21-9-8-10-22(29(21)34-27)30-32-24-11-6-7-12-26(24)33(30)28-19(4)13-18(3)14-20(28)5;1-14(2)11-16-12-17(15-9-7-6-8-10-15)19-13-18(16)20(3,4)5;/h6-9,11-17H,1-5H3;6-9,12-14H,11H2,1-5H3;/q2*-1;. The molecule has 283 valence electrons. The van der Waals surface area contributed by atoms with E-state index in [-0.39, 0.29) is 20.1 Å². The van der Waals surface area contributed by atoms with Crippen LogP contribution in [0.1, 0.15) is 61.6 Å². The summed E-state index contributed by atoms with van der Waals surface area (Å²) in [5.41, 5.74) is 14.0. The molecule has 4 heterocycles. The summed E-state index contributed by atoms with van der Waals surface area (Å²) in [7, 11) is -1.34. The van der Waals surface area contributed by atoms with Crippen LogP contribution in [-0.2, 0) is 26.5 Å². The topological polar surface area (TPSA) is 56.7 Å². The zero-order chi connectivity index (χ0) is 38.3. The van der Waals surface area contributed by atoms with Crippen LogP contribution in [0.5, 0.6) is 0 Å². The average Bonchev–Trinajstić information content (AvgIpc) is 3.69. The first-order valence-electron chi connectivity index (χ1n) is 19.1. The zero-order valence-electron chi connectivity index (χ0n) is 33.6. The van der Waals surface area contributed by atoms with Crippen molar-refractivity contribution in [3.63, 3.8) is 0 Å². The van der Waals surface area contributed by atoms with Gasteiger partial charge < -0.3 is 14.0 Å². The Morgan fingerprint density at radius 3 is 2.18 bits per heavy atom. The molecule has 4 aromatic carbocycles. The Kier molecular flexibility index (Phi) is 11.8. The molecule has 0 aliphatic heterocycles. The fourth-order valence-corrected chi connectivity index (χ4v) is 9.15. The van der Waals surface area contributed by atoms with E-state index in [4.69, 9.17) is 9.40 Å². The van der Waals surface area contributed by atoms with Gasteiger partial charge in [-0.2, -0.15) is 0 Å². The number of aromatic nitrogens is 4. The van der Waals surface area contributed by atoms with Crippen LogP contribution in [0.2, 0.25) is 19.6 Å². The van der Waals surface area contributed by atoms with E-state index in [0.29, 0.717) is 11.8 Å². The van der Waals surface area contributed by atoms with E-state index in [1.54, 1.807) is 0 Å². The van der Waals surface area contributed by atoms with Gasteiger partial charge in [-0.3, -0.25) is 9.97 Å². The SMILES string of the molecule is CC(C)Cc1cc(-c2[c-]cccc2)ncc1[Si](C)(C)C.Cc1cc(C)c(-n2c(-c3[c-]ccc4c3oc3cc(C(C)C)ncc34)nc3ccccc32)c(C)c1.[Ir]. The third-order valence-electron chi connectivity index (χ3n) is 9.98. The van der Waals surface area contributed by atoms with E-state index in [1.807, 2.05) is 36.5 Å². The number of pyridine rings is 2. The van der Waals surface area contributed by atoms with E-state index in [2.05, 4.69) is 156 Å². The number of imidazole rings is 1. The number of hydrogen-bond donors (Lipinski definition) is 0. The number of fused-ring (bicyclic) bond motifs is 4. The Labute approximate surface area is 340 Å². The first kappa shape index (κ1) is 40.0. The summed E-state index contributed by atoms with van der Waals surface area (Å²) in [6, 6.07) is 35.9. The summed E-state index contributed by atoms with van der Waals surface area (Å²) in [6.07, 6.45) is 5.17. The van der Waals surface area contributed by atoms with Gasteiger partial charge in [0.05, 0.1) is 30.5 Å². The molecule has 0 fully saturated rings. The maximum Gasteiger partial charge on any atom is 0.124 e. The van der Waals surface area contributed by atoms with Gasteiger partial charge in [0.2, 0.25) is 0 Å². The minimum Gasteiger partial charge on any atom is -0.500 e. The fraction of sp³-hybridized carbons (Fsp3) is 0.271. The molecule has 0 spiro atoms. The van der Waals surface area contributed by atoms with Crippen LogP contribution in [0.4, 0.5) is 0 Å². The summed E-state index contributed by atoms with van der Waals surface area (Å²) < 4.78 is 8.73. The Morgan fingerprint density at radius 1 is 0.782 bits per heavy atom. The number of hydrogen-bond acceptors (Lipinski definition) is 4. The summed E-state index contributed by atoms with van der Waals surface area (Å²) in [4.78, 5) is 14.4. The molecule has 0 N–H and O–H groups in total. The number of para-hydroxylation sites is 2. The molecule has 0 atom stereocenters. The molecule has 8 rings (SSSR count). The molecule has 0 saturated heterocycles. The minimum atomic E-state index is -1.34. The molecule has 0 saturated carbocycles. The molecule has 8 aromatic rings. The third-order valence-corrected chi connectivity index (χ3v) is 12.1. The molecule has 0 aliphatic carbocycles. The second-order valence-electron chi connectivity index (χ2n) is 16.3. The van der Waals surface area contributed by atoms with Crippen molar-refractivity contribution >= 4 is 46.2 Å². The third kappa shape index (κ3) is 8.16. The van der Waals surface area contributed by atoms with E-state index >= 15 is 0 Å². The predicted molar refractivity (Wildman–Crippen MR) is 229 cm³/mol. The van der Waals surface area contributed by atoms with Gasteiger partial charge in [-0.15, -0.1) is 54.1 Å². The summed E-state index contributed by atoms with van der Waals surface area (Å²) in [5, 5.41) is 3.54. The van der Waals surface area contributed by atoms with Crippen LogP contribution in [0.3, 0.4) is 0 Å². The van der Waals surface area contributed by atoms with Gasteiger partial charge >= 0.3 is 0 Å². The molecule has 55 heavy (non-hydrogen) atoms. The van der Waals surface area contributed by atoms with Crippen molar-refractivity contribution in [1.82, 2.24) is 19.5 Å². The van der Waals surface area contributed by atoms with Gasteiger partial charge in [-0.05, 0) is 73.2 Å². The Hall–Kier alpha value is -4.68. The summed E-state index contributed by atoms with van der Waals surface area (Å²) in [5.74, 6) is 1.83. The summed E-state index contributed by atoms with van der Waals surface area (Å²) in [6.45, 7) is 22.5. The number of rotatable bonds is 7. The van der Waals surface area contributed by atoms with Crippen LogP contribution in [0.15, 0.2) is 102 Å². The molecule has 5 nitrogen and oxygen atoms in total. The molecule has 0 bridgehead atoms. The van der Waals surface area contributed by atoms with Crippen LogP contribution in [-0.4, -0.2) is 27.6 Å². The van der Waals surface area contributed by atoms with Gasteiger partial charge in [0.15, 0.2) is 0 Å². The second-order valence-corrected chi connectivity index (χ2v) is 21.4. The Balaban J connectivity index is 0.000000211. The van der Waals surface area contributed by atoms with Gasteiger partial charge in [0.25, 0.3) is 0 Å². The molecule has 7 heteroatoms. The van der Waals surface area contributed by atoms with Gasteiger partial charge in [0, 0.05) is 55.3 Å². The Bertz CT molecular complexity index is 2590. The molecular weight excluding hydrogens is 869 g/mol. The van der Waals surface area contributed by atoms with E-state index in [0.717, 1.165) is 73.4 Å². The molecule has 0 aliphatic rings. The van der Waals surface area contributed by atoms with Crippen LogP contribution < -0.4 is 5.19 Å². The fourth-order valence-electron chi connectivity index (χ4n) is 7.56. The van der Waals surface area contributed by atoms with Crippen LogP contribution in [0, 0.1) is 38.8 Å².